The van der Waals surface area contributed by atoms with Gasteiger partial charge in [-0.15, -0.1) is 0 Å². The molecule has 1 aliphatic carbocycles. The Hall–Kier alpha value is -4.11. The van der Waals surface area contributed by atoms with Gasteiger partial charge in [-0.2, -0.15) is 0 Å². The third-order valence-corrected chi connectivity index (χ3v) is 8.10. The number of rotatable bonds is 3. The number of benzene rings is 4. The molecule has 0 amide bonds. The lowest BCUT2D eigenvalue weighted by Crippen LogP contribution is -2.43. The molecular weight excluding hydrogens is 438 g/mol. The molecular formula is C33H29N3. The first kappa shape index (κ1) is 22.4. The van der Waals surface area contributed by atoms with Crippen molar-refractivity contribution in [3.05, 3.63) is 114 Å². The molecule has 176 valence electrons. The van der Waals surface area contributed by atoms with E-state index in [9.17, 15) is 0 Å². The molecule has 36 heavy (non-hydrogen) atoms. The lowest BCUT2D eigenvalue weighted by atomic mass is 9.55. The fourth-order valence-corrected chi connectivity index (χ4v) is 5.33. The van der Waals surface area contributed by atoms with Gasteiger partial charge in [-0.25, -0.2) is 15.0 Å². The SMILES string of the molecule is CC1(C)c2ccccc2-c2cc(-c3nc(-c4ccccc4)nc(-c4ccccc4)n3)ccc2C1(C)C. The zero-order valence-electron chi connectivity index (χ0n) is 21.2. The van der Waals surface area contributed by atoms with E-state index in [0.717, 1.165) is 16.7 Å². The molecule has 0 aliphatic heterocycles. The largest absolute Gasteiger partial charge is 0.208 e. The molecule has 1 heterocycles. The van der Waals surface area contributed by atoms with E-state index in [2.05, 4.69) is 70.2 Å². The van der Waals surface area contributed by atoms with Crippen LogP contribution in [0.25, 0.3) is 45.3 Å². The average molecular weight is 468 g/mol. The fraction of sp³-hybridized carbons (Fsp3) is 0.182. The van der Waals surface area contributed by atoms with E-state index in [1.807, 2.05) is 60.7 Å². The smallest absolute Gasteiger partial charge is 0.164 e. The first-order chi connectivity index (χ1) is 17.4. The van der Waals surface area contributed by atoms with Crippen LogP contribution in [0.3, 0.4) is 0 Å². The van der Waals surface area contributed by atoms with Crippen molar-refractivity contribution in [2.75, 3.05) is 0 Å². The fourth-order valence-electron chi connectivity index (χ4n) is 5.33. The lowest BCUT2D eigenvalue weighted by Gasteiger charge is -2.48. The molecule has 3 nitrogen and oxygen atoms in total. The van der Waals surface area contributed by atoms with Crippen LogP contribution < -0.4 is 0 Å². The van der Waals surface area contributed by atoms with Crippen molar-refractivity contribution in [1.82, 2.24) is 15.0 Å². The maximum atomic E-state index is 4.95. The first-order valence-corrected chi connectivity index (χ1v) is 12.5. The van der Waals surface area contributed by atoms with E-state index < -0.39 is 0 Å². The predicted octanol–water partition coefficient (Wildman–Crippen LogP) is 8.11. The van der Waals surface area contributed by atoms with Crippen LogP contribution in [-0.4, -0.2) is 15.0 Å². The standard InChI is InChI=1S/C33H29N3/c1-32(2)27-18-12-11-17-25(27)26-21-24(19-20-28(26)33(32,3)4)31-35-29(22-13-7-5-8-14-22)34-30(36-31)23-15-9-6-10-16-23/h5-21H,1-4H3. The first-order valence-electron chi connectivity index (χ1n) is 12.5. The van der Waals surface area contributed by atoms with E-state index >= 15 is 0 Å². The number of nitrogens with zero attached hydrogens (tertiary/aromatic N) is 3. The quantitative estimate of drug-likeness (QED) is 0.269. The lowest BCUT2D eigenvalue weighted by molar-refractivity contribution is 0.299. The molecule has 0 radical (unpaired) electrons. The van der Waals surface area contributed by atoms with E-state index in [4.69, 9.17) is 15.0 Å². The molecule has 0 bridgehead atoms. The molecule has 0 N–H and O–H groups in total. The molecule has 0 spiro atoms. The summed E-state index contributed by atoms with van der Waals surface area (Å²) in [6.07, 6.45) is 0. The van der Waals surface area contributed by atoms with Crippen LogP contribution in [0.1, 0.15) is 38.8 Å². The molecule has 6 rings (SSSR count). The van der Waals surface area contributed by atoms with E-state index in [1.54, 1.807) is 0 Å². The van der Waals surface area contributed by atoms with Gasteiger partial charge in [0.2, 0.25) is 0 Å². The van der Waals surface area contributed by atoms with Gasteiger partial charge in [0, 0.05) is 16.7 Å². The molecule has 3 heteroatoms. The van der Waals surface area contributed by atoms with Crippen LogP contribution in [0.5, 0.6) is 0 Å². The zero-order valence-corrected chi connectivity index (χ0v) is 21.2. The number of hydrogen-bond donors (Lipinski definition) is 0. The van der Waals surface area contributed by atoms with Gasteiger partial charge in [-0.3, -0.25) is 0 Å². The Morgan fingerprint density at radius 2 is 0.861 bits per heavy atom. The highest BCUT2D eigenvalue weighted by Crippen LogP contribution is 2.54. The van der Waals surface area contributed by atoms with Crippen LogP contribution >= 0.6 is 0 Å². The molecule has 5 aromatic rings. The Bertz CT molecular complexity index is 1510. The average Bonchev–Trinajstić information content (AvgIpc) is 2.93. The number of aromatic nitrogens is 3. The molecule has 1 aromatic heterocycles. The number of hydrogen-bond acceptors (Lipinski definition) is 3. The highest BCUT2D eigenvalue weighted by atomic mass is 15.0. The van der Waals surface area contributed by atoms with Gasteiger partial charge in [0.05, 0.1) is 0 Å². The summed E-state index contributed by atoms with van der Waals surface area (Å²) < 4.78 is 0. The molecule has 0 saturated heterocycles. The van der Waals surface area contributed by atoms with Crippen molar-refractivity contribution in [2.45, 2.75) is 38.5 Å². The second-order valence-corrected chi connectivity index (χ2v) is 10.6. The topological polar surface area (TPSA) is 38.7 Å². The zero-order chi connectivity index (χ0) is 24.9. The summed E-state index contributed by atoms with van der Waals surface area (Å²) in [6, 6.07) is 35.8. The minimum atomic E-state index is -0.0291. The summed E-state index contributed by atoms with van der Waals surface area (Å²) in [6.45, 7) is 9.41. The number of fused-ring (bicyclic) bond motifs is 3. The summed E-state index contributed by atoms with van der Waals surface area (Å²) in [4.78, 5) is 14.7. The Labute approximate surface area is 213 Å². The maximum Gasteiger partial charge on any atom is 0.164 e. The minimum Gasteiger partial charge on any atom is -0.208 e. The molecule has 4 aromatic carbocycles. The molecule has 0 fully saturated rings. The van der Waals surface area contributed by atoms with Crippen molar-refractivity contribution < 1.29 is 0 Å². The van der Waals surface area contributed by atoms with Crippen LogP contribution in [0.4, 0.5) is 0 Å². The normalized spacial score (nSPS) is 15.1. The Balaban J connectivity index is 1.57. The Kier molecular flexibility index (Phi) is 5.11. The molecule has 0 saturated carbocycles. The van der Waals surface area contributed by atoms with Crippen molar-refractivity contribution in [2.24, 2.45) is 0 Å². The highest BCUT2D eigenvalue weighted by molar-refractivity contribution is 5.81. The van der Waals surface area contributed by atoms with E-state index in [0.29, 0.717) is 17.5 Å². The van der Waals surface area contributed by atoms with Crippen LogP contribution in [0.2, 0.25) is 0 Å². The second kappa shape index (κ2) is 8.23. The van der Waals surface area contributed by atoms with E-state index in [1.165, 1.54) is 22.3 Å². The minimum absolute atomic E-state index is 0.00619. The van der Waals surface area contributed by atoms with Gasteiger partial charge < -0.3 is 0 Å². The maximum absolute atomic E-state index is 4.95. The van der Waals surface area contributed by atoms with Gasteiger partial charge in [0.25, 0.3) is 0 Å². The van der Waals surface area contributed by atoms with Crippen molar-refractivity contribution in [3.63, 3.8) is 0 Å². The van der Waals surface area contributed by atoms with Gasteiger partial charge in [0.1, 0.15) is 0 Å². The Morgan fingerprint density at radius 3 is 1.42 bits per heavy atom. The van der Waals surface area contributed by atoms with Gasteiger partial charge >= 0.3 is 0 Å². The molecule has 0 unspecified atom stereocenters. The summed E-state index contributed by atoms with van der Waals surface area (Å²) in [5, 5.41) is 0. The van der Waals surface area contributed by atoms with Gasteiger partial charge in [0.15, 0.2) is 17.5 Å². The van der Waals surface area contributed by atoms with Gasteiger partial charge in [-0.1, -0.05) is 125 Å². The summed E-state index contributed by atoms with van der Waals surface area (Å²) in [5.74, 6) is 2.05. The monoisotopic (exact) mass is 467 g/mol. The predicted molar refractivity (Wildman–Crippen MR) is 148 cm³/mol. The van der Waals surface area contributed by atoms with Gasteiger partial charge in [-0.05, 0) is 39.2 Å². The summed E-state index contributed by atoms with van der Waals surface area (Å²) >= 11 is 0. The summed E-state index contributed by atoms with van der Waals surface area (Å²) in [7, 11) is 0. The molecule has 0 atom stereocenters. The third kappa shape index (κ3) is 3.46. The van der Waals surface area contributed by atoms with Crippen molar-refractivity contribution in [3.8, 4) is 45.3 Å². The van der Waals surface area contributed by atoms with Crippen molar-refractivity contribution >= 4 is 0 Å². The van der Waals surface area contributed by atoms with Crippen LogP contribution in [0, 0.1) is 0 Å². The summed E-state index contributed by atoms with van der Waals surface area (Å²) in [5.41, 5.74) is 8.21. The molecule has 1 aliphatic rings. The second-order valence-electron chi connectivity index (χ2n) is 10.6. The Morgan fingerprint density at radius 1 is 0.417 bits per heavy atom. The third-order valence-electron chi connectivity index (χ3n) is 8.10. The van der Waals surface area contributed by atoms with E-state index in [-0.39, 0.29) is 10.8 Å². The van der Waals surface area contributed by atoms with Crippen LogP contribution in [-0.2, 0) is 10.8 Å². The van der Waals surface area contributed by atoms with Crippen LogP contribution in [0.15, 0.2) is 103 Å². The highest BCUT2D eigenvalue weighted by Gasteiger charge is 2.45. The van der Waals surface area contributed by atoms with Crippen molar-refractivity contribution in [1.29, 1.82) is 0 Å².